The van der Waals surface area contributed by atoms with Crippen LogP contribution in [0.25, 0.3) is 22.2 Å². The van der Waals surface area contributed by atoms with Crippen molar-refractivity contribution >= 4 is 23.0 Å². The van der Waals surface area contributed by atoms with Crippen LogP contribution in [0.15, 0.2) is 48.8 Å². The number of amides is 2. The van der Waals surface area contributed by atoms with E-state index in [9.17, 15) is 22.8 Å². The van der Waals surface area contributed by atoms with Crippen LogP contribution in [-0.2, 0) is 10.3 Å². The summed E-state index contributed by atoms with van der Waals surface area (Å²) in [4.78, 5) is 41.1. The van der Waals surface area contributed by atoms with E-state index in [2.05, 4.69) is 21.2 Å². The highest BCUT2D eigenvalue weighted by molar-refractivity contribution is 5.98. The lowest BCUT2D eigenvalue weighted by molar-refractivity contribution is -0.0696. The Balaban J connectivity index is 1.30. The largest absolute Gasteiger partial charge is 0.458 e. The molecule has 46 heavy (non-hydrogen) atoms. The Hall–Kier alpha value is -4.92. The summed E-state index contributed by atoms with van der Waals surface area (Å²) < 4.78 is 71.5. The summed E-state index contributed by atoms with van der Waals surface area (Å²) in [6.07, 6.45) is 0.292. The Morgan fingerprint density at radius 1 is 1.11 bits per heavy atom. The van der Waals surface area contributed by atoms with Crippen molar-refractivity contribution in [1.29, 1.82) is 0 Å². The molecule has 0 spiro atoms. The second-order valence-electron chi connectivity index (χ2n) is 12.9. The number of hydrogen-bond donors (Lipinski definition) is 1. The number of carbonyl (C=O) groups is 2. The number of nitrogens with one attached hydrogen (secondary N) is 1. The van der Waals surface area contributed by atoms with Gasteiger partial charge in [0.25, 0.3) is 5.91 Å². The van der Waals surface area contributed by atoms with Crippen molar-refractivity contribution < 1.29 is 31.6 Å². The SMILES string of the molecule is [2H]C([2H])([2H])N1C(=O)c2cccc(C#CC(F)(F)F)c2[C@H]2C[C@@H]1c1nc3ccc(-c4cnc(C5(NC(=O)OC(C)(C)C)CCC5)nc4)cc3n12. The molecule has 2 aromatic heterocycles. The maximum Gasteiger partial charge on any atom is 0.458 e. The lowest BCUT2D eigenvalue weighted by atomic mass is 9.76. The first-order valence-electron chi connectivity index (χ1n) is 16.4. The molecule has 2 aliphatic heterocycles. The first-order chi connectivity index (χ1) is 22.9. The van der Waals surface area contributed by atoms with Crippen molar-refractivity contribution in [3.05, 3.63) is 77.1 Å². The number of ether oxygens (including phenoxy) is 1. The highest BCUT2D eigenvalue weighted by Gasteiger charge is 2.45. The minimum atomic E-state index is -4.77. The summed E-state index contributed by atoms with van der Waals surface area (Å²) in [5.74, 6) is 3.44. The summed E-state index contributed by atoms with van der Waals surface area (Å²) in [5, 5.41) is 2.95. The molecule has 7 rings (SSSR count). The van der Waals surface area contributed by atoms with Crippen molar-refractivity contribution in [1.82, 2.24) is 29.7 Å². The van der Waals surface area contributed by atoms with Crippen LogP contribution in [0.1, 0.15) is 95.8 Å². The molecule has 0 unspecified atom stereocenters. The predicted molar refractivity (Wildman–Crippen MR) is 163 cm³/mol. The fourth-order valence-electron chi connectivity index (χ4n) is 6.53. The third-order valence-corrected chi connectivity index (χ3v) is 8.67. The van der Waals surface area contributed by atoms with Crippen LogP contribution in [-0.4, -0.2) is 55.2 Å². The van der Waals surface area contributed by atoms with Gasteiger partial charge in [-0.1, -0.05) is 18.1 Å². The van der Waals surface area contributed by atoms with Crippen LogP contribution in [0.4, 0.5) is 18.0 Å². The second-order valence-corrected chi connectivity index (χ2v) is 12.9. The van der Waals surface area contributed by atoms with Crippen molar-refractivity contribution in [3.8, 4) is 23.0 Å². The van der Waals surface area contributed by atoms with E-state index >= 15 is 0 Å². The Bertz CT molecular complexity index is 2070. The Morgan fingerprint density at radius 3 is 2.52 bits per heavy atom. The van der Waals surface area contributed by atoms with Crippen LogP contribution < -0.4 is 5.32 Å². The molecule has 12 heteroatoms. The van der Waals surface area contributed by atoms with E-state index in [1.165, 1.54) is 24.1 Å². The summed E-state index contributed by atoms with van der Waals surface area (Å²) in [6.45, 7) is 2.51. The van der Waals surface area contributed by atoms with Gasteiger partial charge in [-0.05, 0) is 69.9 Å². The summed E-state index contributed by atoms with van der Waals surface area (Å²) in [7, 11) is 0. The molecule has 236 valence electrons. The van der Waals surface area contributed by atoms with E-state index in [1.54, 1.807) is 43.8 Å². The summed E-state index contributed by atoms with van der Waals surface area (Å²) in [5.41, 5.74) is 1.26. The fourth-order valence-corrected chi connectivity index (χ4v) is 6.53. The van der Waals surface area contributed by atoms with E-state index in [0.717, 1.165) is 11.3 Å². The minimum absolute atomic E-state index is 0.0147. The van der Waals surface area contributed by atoms with Crippen molar-refractivity contribution in [3.63, 3.8) is 0 Å². The highest BCUT2D eigenvalue weighted by atomic mass is 19.4. The van der Waals surface area contributed by atoms with E-state index in [0.29, 0.717) is 46.7 Å². The van der Waals surface area contributed by atoms with Gasteiger partial charge in [0.2, 0.25) is 0 Å². The molecule has 3 aliphatic rings. The normalized spacial score (nSPS) is 21.0. The van der Waals surface area contributed by atoms with E-state index in [4.69, 9.17) is 13.8 Å². The monoisotopic (exact) mass is 631 g/mol. The number of carbonyl (C=O) groups excluding carboxylic acids is 2. The molecule has 1 saturated carbocycles. The molecule has 4 heterocycles. The number of fused-ring (bicyclic) bond motifs is 9. The highest BCUT2D eigenvalue weighted by Crippen LogP contribution is 2.48. The summed E-state index contributed by atoms with van der Waals surface area (Å²) >= 11 is 0. The minimum Gasteiger partial charge on any atom is -0.444 e. The Morgan fingerprint density at radius 2 is 1.87 bits per heavy atom. The topological polar surface area (TPSA) is 102 Å². The average Bonchev–Trinajstić information content (AvgIpc) is 3.49. The fraction of sp³-hybridized carbons (Fsp3) is 0.382. The molecule has 2 atom stereocenters. The molecular weight excluding hydrogens is 597 g/mol. The number of imidazole rings is 1. The molecular formula is C34H31F3N6O3. The van der Waals surface area contributed by atoms with Crippen molar-refractivity contribution in [2.75, 3.05) is 6.98 Å². The van der Waals surface area contributed by atoms with Crippen LogP contribution in [0.2, 0.25) is 0 Å². The molecule has 9 nitrogen and oxygen atoms in total. The molecule has 0 saturated heterocycles. The zero-order valence-corrected chi connectivity index (χ0v) is 25.2. The Kier molecular flexibility index (Phi) is 5.89. The van der Waals surface area contributed by atoms with Gasteiger partial charge in [-0.3, -0.25) is 4.79 Å². The Labute approximate surface area is 267 Å². The van der Waals surface area contributed by atoms with Crippen LogP contribution in [0, 0.1) is 11.8 Å². The molecule has 1 aliphatic carbocycles. The third-order valence-electron chi connectivity index (χ3n) is 8.67. The van der Waals surface area contributed by atoms with Gasteiger partial charge in [-0.15, -0.1) is 0 Å². The number of alkyl carbamates (subject to hydrolysis) is 1. The van der Waals surface area contributed by atoms with E-state index in [1.807, 2.05) is 12.1 Å². The van der Waals surface area contributed by atoms with E-state index < -0.39 is 48.4 Å². The first kappa shape index (κ1) is 26.3. The number of hydrogen-bond acceptors (Lipinski definition) is 6. The van der Waals surface area contributed by atoms with E-state index in [-0.39, 0.29) is 23.1 Å². The van der Waals surface area contributed by atoms with Gasteiger partial charge in [0.05, 0.1) is 23.1 Å². The molecule has 2 amide bonds. The number of nitrogens with zero attached hydrogens (tertiary/aromatic N) is 5. The summed E-state index contributed by atoms with van der Waals surface area (Å²) in [6, 6.07) is 7.95. The van der Waals surface area contributed by atoms with Crippen LogP contribution in [0.5, 0.6) is 0 Å². The smallest absolute Gasteiger partial charge is 0.444 e. The second kappa shape index (κ2) is 10.3. The number of halogens is 3. The number of rotatable bonds is 3. The number of benzene rings is 2. The van der Waals surface area contributed by atoms with Gasteiger partial charge in [-0.2, -0.15) is 13.2 Å². The molecule has 0 radical (unpaired) electrons. The van der Waals surface area contributed by atoms with Gasteiger partial charge in [0.15, 0.2) is 5.82 Å². The van der Waals surface area contributed by atoms with Crippen molar-refractivity contribution in [2.24, 2.45) is 0 Å². The van der Waals surface area contributed by atoms with Gasteiger partial charge in [0.1, 0.15) is 17.0 Å². The average molecular weight is 632 g/mol. The third kappa shape index (κ3) is 5.04. The number of aromatic nitrogens is 4. The lowest BCUT2D eigenvalue weighted by Gasteiger charge is -2.41. The first-order valence-corrected chi connectivity index (χ1v) is 14.9. The maximum atomic E-state index is 13.7. The quantitative estimate of drug-likeness (QED) is 0.262. The molecule has 1 N–H and O–H groups in total. The van der Waals surface area contributed by atoms with Gasteiger partial charge in [-0.25, -0.2) is 19.7 Å². The molecule has 4 aromatic rings. The molecule has 2 bridgehead atoms. The van der Waals surface area contributed by atoms with Gasteiger partial charge in [0, 0.05) is 58.1 Å². The van der Waals surface area contributed by atoms with Gasteiger partial charge >= 0.3 is 12.3 Å². The standard InChI is InChI=1S/C34H31F3N6O3/c1-32(2,3)46-31(45)41-33(12-6-13-33)30-38-17-21(18-39-30)20-9-10-23-24(15-20)43-25-16-26(28(43)40-23)42(4)29(44)22-8-5-7-19(27(22)25)11-14-34(35,36)37/h5,7-10,15,17-18,25-26H,6,12-13,16H2,1-4H3,(H,41,45)/t25-,26-/m1/s1/i4D3. The van der Waals surface area contributed by atoms with Gasteiger partial charge < -0.3 is 19.5 Å². The van der Waals surface area contributed by atoms with Crippen molar-refractivity contribution in [2.45, 2.75) is 75.9 Å². The molecule has 2 aromatic carbocycles. The zero-order valence-electron chi connectivity index (χ0n) is 28.2. The zero-order chi connectivity index (χ0) is 35.1. The maximum absolute atomic E-state index is 13.7. The van der Waals surface area contributed by atoms with Crippen LogP contribution >= 0.6 is 0 Å². The predicted octanol–water partition coefficient (Wildman–Crippen LogP) is 6.43. The molecule has 1 fully saturated rings. The lowest BCUT2D eigenvalue weighted by Crippen LogP contribution is -2.53. The van der Waals surface area contributed by atoms with Crippen LogP contribution in [0.3, 0.4) is 0 Å². The number of alkyl halides is 3.